The van der Waals surface area contributed by atoms with Crippen molar-refractivity contribution < 1.29 is 17.1 Å². The molecule has 0 radical (unpaired) electrons. The minimum absolute atomic E-state index is 0.0584. The van der Waals surface area contributed by atoms with Crippen molar-refractivity contribution in [2.75, 3.05) is 17.2 Å². The van der Waals surface area contributed by atoms with E-state index in [1.807, 2.05) is 19.1 Å². The molecule has 1 aliphatic heterocycles. The maximum atomic E-state index is 12.7. The largest absolute Gasteiger partial charge is 0.312 e. The molecule has 112 valence electrons. The van der Waals surface area contributed by atoms with Gasteiger partial charge in [-0.3, -0.25) is 4.79 Å². The number of anilines is 1. The van der Waals surface area contributed by atoms with E-state index in [1.165, 1.54) is 16.2 Å². The Morgan fingerprint density at radius 3 is 2.95 bits per heavy atom. The van der Waals surface area contributed by atoms with Crippen LogP contribution < -0.4 is 4.90 Å². The number of rotatable bonds is 3. The first-order valence-electron chi connectivity index (χ1n) is 6.42. The van der Waals surface area contributed by atoms with Gasteiger partial charge in [-0.15, -0.1) is 15.2 Å². The molecule has 1 amide bonds. The first-order valence-corrected chi connectivity index (χ1v) is 8.78. The van der Waals surface area contributed by atoms with Crippen LogP contribution in [0.15, 0.2) is 18.2 Å². The van der Waals surface area contributed by atoms with Crippen LogP contribution in [0.1, 0.15) is 11.4 Å². The Morgan fingerprint density at radius 1 is 1.48 bits per heavy atom. The SMILES string of the molecule is Cc1nc2ccc(N3CC(CS(=O)(=O)F)CC3=O)cc2s1. The minimum Gasteiger partial charge on any atom is -0.312 e. The van der Waals surface area contributed by atoms with Crippen LogP contribution >= 0.6 is 11.3 Å². The number of nitrogens with zero attached hydrogens (tertiary/aromatic N) is 2. The lowest BCUT2D eigenvalue weighted by atomic mass is 10.1. The number of halogens is 1. The van der Waals surface area contributed by atoms with Gasteiger partial charge in [-0.25, -0.2) is 4.98 Å². The molecule has 0 spiro atoms. The zero-order chi connectivity index (χ0) is 15.2. The first kappa shape index (κ1) is 14.4. The second-order valence-electron chi connectivity index (χ2n) is 5.16. The van der Waals surface area contributed by atoms with Crippen LogP contribution in [0.3, 0.4) is 0 Å². The summed E-state index contributed by atoms with van der Waals surface area (Å²) in [5, 5.41) is 0.941. The number of hydrogen-bond acceptors (Lipinski definition) is 5. The number of hydrogen-bond donors (Lipinski definition) is 0. The molecule has 8 heteroatoms. The molecule has 0 aliphatic carbocycles. The lowest BCUT2D eigenvalue weighted by molar-refractivity contribution is -0.117. The number of carbonyl (C=O) groups excluding carboxylic acids is 1. The molecule has 1 aliphatic rings. The summed E-state index contributed by atoms with van der Waals surface area (Å²) in [6.45, 7) is 2.14. The summed E-state index contributed by atoms with van der Waals surface area (Å²) < 4.78 is 35.1. The molecule has 0 bridgehead atoms. The monoisotopic (exact) mass is 328 g/mol. The van der Waals surface area contributed by atoms with E-state index in [4.69, 9.17) is 0 Å². The van der Waals surface area contributed by atoms with Crippen LogP contribution in [-0.2, 0) is 15.0 Å². The van der Waals surface area contributed by atoms with Gasteiger partial charge in [0, 0.05) is 24.6 Å². The van der Waals surface area contributed by atoms with Crippen molar-refractivity contribution in [3.63, 3.8) is 0 Å². The summed E-state index contributed by atoms with van der Waals surface area (Å²) in [5.41, 5.74) is 1.57. The molecule has 1 aromatic carbocycles. The van der Waals surface area contributed by atoms with E-state index in [-0.39, 0.29) is 18.9 Å². The molecule has 3 rings (SSSR count). The number of benzene rings is 1. The van der Waals surface area contributed by atoms with Gasteiger partial charge in [0.1, 0.15) is 0 Å². The predicted molar refractivity (Wildman–Crippen MR) is 79.7 cm³/mol. The van der Waals surface area contributed by atoms with Crippen LogP contribution in [0, 0.1) is 12.8 Å². The third kappa shape index (κ3) is 3.06. The highest BCUT2D eigenvalue weighted by atomic mass is 32.3. The Balaban J connectivity index is 1.86. The summed E-state index contributed by atoms with van der Waals surface area (Å²) in [7, 11) is -4.55. The van der Waals surface area contributed by atoms with E-state index in [0.717, 1.165) is 15.2 Å². The summed E-state index contributed by atoms with van der Waals surface area (Å²) in [6.07, 6.45) is 0.0584. The highest BCUT2D eigenvalue weighted by Gasteiger charge is 2.33. The average molecular weight is 328 g/mol. The van der Waals surface area contributed by atoms with Crippen molar-refractivity contribution in [3.05, 3.63) is 23.2 Å². The lowest BCUT2D eigenvalue weighted by Gasteiger charge is -2.16. The second kappa shape index (κ2) is 5.03. The van der Waals surface area contributed by atoms with Gasteiger partial charge in [0.05, 0.1) is 21.0 Å². The van der Waals surface area contributed by atoms with Crippen LogP contribution in [0.2, 0.25) is 0 Å². The molecule has 21 heavy (non-hydrogen) atoms. The fraction of sp³-hybridized carbons (Fsp3) is 0.385. The summed E-state index contributed by atoms with van der Waals surface area (Å²) >= 11 is 1.53. The highest BCUT2D eigenvalue weighted by Crippen LogP contribution is 2.31. The maximum absolute atomic E-state index is 12.7. The Morgan fingerprint density at radius 2 is 2.24 bits per heavy atom. The van der Waals surface area contributed by atoms with Gasteiger partial charge in [-0.2, -0.15) is 8.42 Å². The molecule has 1 atom stereocenters. The van der Waals surface area contributed by atoms with Crippen molar-refractivity contribution in [3.8, 4) is 0 Å². The van der Waals surface area contributed by atoms with E-state index < -0.39 is 21.9 Å². The number of aromatic nitrogens is 1. The third-order valence-corrected chi connectivity index (χ3v) is 5.23. The molecular formula is C13H13FN2O3S2. The standard InChI is InChI=1S/C13H13FN2O3S2/c1-8-15-11-3-2-10(5-12(11)20-8)16-6-9(4-13(16)17)7-21(14,18)19/h2-3,5,9H,4,6-7H2,1H3. The zero-order valence-electron chi connectivity index (χ0n) is 11.2. The van der Waals surface area contributed by atoms with Crippen molar-refractivity contribution >= 4 is 43.4 Å². The minimum atomic E-state index is -4.55. The summed E-state index contributed by atoms with van der Waals surface area (Å²) in [5.74, 6) is -1.27. The third-order valence-electron chi connectivity index (χ3n) is 3.43. The molecule has 2 aromatic rings. The molecule has 1 fully saturated rings. The smallest absolute Gasteiger partial charge is 0.302 e. The van der Waals surface area contributed by atoms with Gasteiger partial charge in [0.2, 0.25) is 5.91 Å². The maximum Gasteiger partial charge on any atom is 0.302 e. The van der Waals surface area contributed by atoms with Gasteiger partial charge < -0.3 is 4.90 Å². The second-order valence-corrected chi connectivity index (χ2v) is 7.81. The topological polar surface area (TPSA) is 67.3 Å². The molecule has 0 saturated carbocycles. The molecule has 2 heterocycles. The predicted octanol–water partition coefficient (Wildman–Crippen LogP) is 2.26. The number of thiazole rings is 1. The first-order chi connectivity index (χ1) is 9.82. The van der Waals surface area contributed by atoms with E-state index in [2.05, 4.69) is 4.98 Å². The molecular weight excluding hydrogens is 315 g/mol. The lowest BCUT2D eigenvalue weighted by Crippen LogP contribution is -2.25. The highest BCUT2D eigenvalue weighted by molar-refractivity contribution is 7.86. The zero-order valence-corrected chi connectivity index (χ0v) is 12.9. The van der Waals surface area contributed by atoms with Gasteiger partial charge in [0.25, 0.3) is 0 Å². The van der Waals surface area contributed by atoms with Crippen LogP contribution in [0.5, 0.6) is 0 Å². The molecule has 5 nitrogen and oxygen atoms in total. The van der Waals surface area contributed by atoms with Crippen molar-refractivity contribution in [2.45, 2.75) is 13.3 Å². The Kier molecular flexibility index (Phi) is 3.45. The van der Waals surface area contributed by atoms with E-state index in [9.17, 15) is 17.1 Å². The number of aryl methyl sites for hydroxylation is 1. The average Bonchev–Trinajstić information content (AvgIpc) is 2.88. The Labute approximate surface area is 125 Å². The molecule has 1 saturated heterocycles. The van der Waals surface area contributed by atoms with Crippen molar-refractivity contribution in [2.24, 2.45) is 5.92 Å². The van der Waals surface area contributed by atoms with E-state index in [1.54, 1.807) is 6.07 Å². The van der Waals surface area contributed by atoms with Crippen molar-refractivity contribution in [1.82, 2.24) is 4.98 Å². The fourth-order valence-corrected chi connectivity index (χ4v) is 4.27. The van der Waals surface area contributed by atoms with Crippen molar-refractivity contribution in [1.29, 1.82) is 0 Å². The Hall–Kier alpha value is -1.54. The van der Waals surface area contributed by atoms with E-state index in [0.29, 0.717) is 5.69 Å². The molecule has 0 N–H and O–H groups in total. The van der Waals surface area contributed by atoms with Gasteiger partial charge in [0.15, 0.2) is 0 Å². The fourth-order valence-electron chi connectivity index (χ4n) is 2.62. The summed E-state index contributed by atoms with van der Waals surface area (Å²) in [4.78, 5) is 17.9. The molecule has 1 aromatic heterocycles. The quantitative estimate of drug-likeness (QED) is 0.811. The number of carbonyl (C=O) groups is 1. The normalized spacial score (nSPS) is 19.6. The number of fused-ring (bicyclic) bond motifs is 1. The van der Waals surface area contributed by atoms with Gasteiger partial charge >= 0.3 is 10.2 Å². The van der Waals surface area contributed by atoms with Crippen LogP contribution in [-0.4, -0.2) is 31.6 Å². The summed E-state index contributed by atoms with van der Waals surface area (Å²) in [6, 6.07) is 5.48. The number of amides is 1. The van der Waals surface area contributed by atoms with Gasteiger partial charge in [-0.1, -0.05) is 0 Å². The van der Waals surface area contributed by atoms with Gasteiger partial charge in [-0.05, 0) is 25.1 Å². The Bertz CT molecular complexity index is 816. The van der Waals surface area contributed by atoms with E-state index >= 15 is 0 Å². The van der Waals surface area contributed by atoms with Crippen LogP contribution in [0.4, 0.5) is 9.57 Å². The molecule has 1 unspecified atom stereocenters. The van der Waals surface area contributed by atoms with Crippen LogP contribution in [0.25, 0.3) is 10.2 Å².